The number of nitrogens with zero attached hydrogens (tertiary/aromatic N) is 1. The van der Waals surface area contributed by atoms with Crippen molar-refractivity contribution in [1.29, 1.82) is 0 Å². The van der Waals surface area contributed by atoms with Gasteiger partial charge in [0.2, 0.25) is 0 Å². The van der Waals surface area contributed by atoms with Crippen molar-refractivity contribution in [2.45, 2.75) is 58.0 Å². The van der Waals surface area contributed by atoms with Crippen LogP contribution < -0.4 is 0 Å². The first-order valence-electron chi connectivity index (χ1n) is 13.7. The van der Waals surface area contributed by atoms with E-state index < -0.39 is 26.4 Å². The molecule has 0 saturated carbocycles. The monoisotopic (exact) mass is 557 g/mol. The molecular formula is C33H39NO5Si. The van der Waals surface area contributed by atoms with Gasteiger partial charge < -0.3 is 14.3 Å². The van der Waals surface area contributed by atoms with Crippen molar-refractivity contribution < 1.29 is 23.9 Å². The molecule has 3 aromatic carbocycles. The average molecular weight is 558 g/mol. The predicted molar refractivity (Wildman–Crippen MR) is 161 cm³/mol. The van der Waals surface area contributed by atoms with Crippen LogP contribution in [0.3, 0.4) is 0 Å². The minimum absolute atomic E-state index is 0.0692. The van der Waals surface area contributed by atoms with Gasteiger partial charge in [-0.1, -0.05) is 99.6 Å². The molecule has 0 bridgehead atoms. The molecule has 0 spiro atoms. The molecule has 4 rings (SSSR count). The summed E-state index contributed by atoms with van der Waals surface area (Å²) in [5.74, 6) is -1.05. The lowest BCUT2D eigenvalue weighted by molar-refractivity contribution is -0.133. The number of amides is 1. The number of carboxylic acid groups (broad SMARTS) is 1. The molecule has 7 heteroatoms. The van der Waals surface area contributed by atoms with E-state index >= 15 is 0 Å². The topological polar surface area (TPSA) is 76.1 Å². The van der Waals surface area contributed by atoms with E-state index in [0.29, 0.717) is 13.0 Å². The van der Waals surface area contributed by atoms with Crippen LogP contribution in [0.5, 0.6) is 0 Å². The largest absolute Gasteiger partial charge is 0.478 e. The fraction of sp³-hybridized carbons (Fsp3) is 0.333. The van der Waals surface area contributed by atoms with Crippen LogP contribution in [-0.2, 0) is 20.6 Å². The van der Waals surface area contributed by atoms with Gasteiger partial charge in [0, 0.05) is 6.54 Å². The molecule has 1 N–H and O–H groups in total. The van der Waals surface area contributed by atoms with Crippen molar-refractivity contribution in [1.82, 2.24) is 4.90 Å². The molecule has 0 aliphatic carbocycles. The maximum atomic E-state index is 13.4. The van der Waals surface area contributed by atoms with Crippen LogP contribution in [-0.4, -0.2) is 49.6 Å². The van der Waals surface area contributed by atoms with Gasteiger partial charge in [-0.25, -0.2) is 9.59 Å². The predicted octanol–water partition coefficient (Wildman–Crippen LogP) is 7.62. The summed E-state index contributed by atoms with van der Waals surface area (Å²) in [5.41, 5.74) is 4.69. The summed E-state index contributed by atoms with van der Waals surface area (Å²) >= 11 is 0. The maximum Gasteiger partial charge on any atom is 0.410 e. The van der Waals surface area contributed by atoms with E-state index in [4.69, 9.17) is 9.16 Å². The Labute approximate surface area is 238 Å². The van der Waals surface area contributed by atoms with Crippen molar-refractivity contribution in [3.8, 4) is 11.1 Å². The molecule has 1 atom stereocenters. The second kappa shape index (κ2) is 12.2. The summed E-state index contributed by atoms with van der Waals surface area (Å²) in [6, 6.07) is 26.6. The van der Waals surface area contributed by atoms with Crippen LogP contribution >= 0.6 is 0 Å². The lowest BCUT2D eigenvalue weighted by Crippen LogP contribution is -2.52. The van der Waals surface area contributed by atoms with E-state index in [2.05, 4.69) is 33.9 Å². The summed E-state index contributed by atoms with van der Waals surface area (Å²) in [7, 11) is -2.24. The molecule has 40 heavy (non-hydrogen) atoms. The van der Waals surface area contributed by atoms with Gasteiger partial charge >= 0.3 is 12.1 Å². The number of hydrogen-bond acceptors (Lipinski definition) is 4. The highest BCUT2D eigenvalue weighted by Crippen LogP contribution is 2.39. The Morgan fingerprint density at radius 2 is 1.50 bits per heavy atom. The molecular weight excluding hydrogens is 518 g/mol. The first-order chi connectivity index (χ1) is 19.0. The number of ether oxygens (including phenoxy) is 1. The third-order valence-electron chi connectivity index (χ3n) is 8.03. The molecule has 1 heterocycles. The van der Waals surface area contributed by atoms with Crippen molar-refractivity contribution in [3.05, 3.63) is 102 Å². The van der Waals surface area contributed by atoms with E-state index in [1.54, 1.807) is 0 Å². The van der Waals surface area contributed by atoms with Gasteiger partial charge in [-0.05, 0) is 58.4 Å². The van der Waals surface area contributed by atoms with Crippen LogP contribution in [0.2, 0.25) is 18.1 Å². The third-order valence-corrected chi connectivity index (χ3v) is 12.5. The van der Waals surface area contributed by atoms with Gasteiger partial charge in [-0.3, -0.25) is 4.90 Å². The summed E-state index contributed by atoms with van der Waals surface area (Å²) in [5, 5.41) is 10.5. The van der Waals surface area contributed by atoms with Crippen molar-refractivity contribution in [3.63, 3.8) is 0 Å². The van der Waals surface area contributed by atoms with Gasteiger partial charge in [0.15, 0.2) is 8.32 Å². The van der Waals surface area contributed by atoms with Crippen LogP contribution in [0.15, 0.2) is 90.5 Å². The number of rotatable bonds is 8. The summed E-state index contributed by atoms with van der Waals surface area (Å²) in [6.45, 7) is 11.2. The molecule has 3 aromatic rings. The van der Waals surface area contributed by atoms with Gasteiger partial charge in [0.05, 0.1) is 18.2 Å². The molecule has 210 valence electrons. The zero-order valence-corrected chi connectivity index (χ0v) is 25.0. The molecule has 1 amide bonds. The highest BCUT2D eigenvalue weighted by molar-refractivity contribution is 6.74. The molecule has 0 radical (unpaired) electrons. The number of hydrogen-bond donors (Lipinski definition) is 1. The molecule has 0 aromatic heterocycles. The molecule has 0 fully saturated rings. The van der Waals surface area contributed by atoms with Crippen molar-refractivity contribution in [2.75, 3.05) is 13.2 Å². The van der Waals surface area contributed by atoms with E-state index in [1.807, 2.05) is 84.9 Å². The Morgan fingerprint density at radius 3 is 2.12 bits per heavy atom. The standard InChI is InChI=1S/C33H39NO5Si/c1-33(2,3)40(4,5)39-23-29-30(31(35)36)28(27-18-12-17-26(21-27)25-15-10-7-11-16-25)19-20-34(29)32(37)38-22-24-13-8-6-9-14-24/h6-18,21,29H,19-20,22-23H2,1-5H3,(H,35,36). The summed E-state index contributed by atoms with van der Waals surface area (Å²) < 4.78 is 12.2. The van der Waals surface area contributed by atoms with Crippen molar-refractivity contribution >= 4 is 26.0 Å². The SMILES string of the molecule is CC(C)(C)[Si](C)(C)OCC1C(C(=O)O)=C(c2cccc(-c3ccccc3)c2)CCN1C(=O)OCc1ccccc1. The lowest BCUT2D eigenvalue weighted by atomic mass is 9.87. The molecule has 6 nitrogen and oxygen atoms in total. The number of carbonyl (C=O) groups excluding carboxylic acids is 1. The fourth-order valence-electron chi connectivity index (χ4n) is 4.67. The second-order valence-electron chi connectivity index (χ2n) is 11.7. The smallest absolute Gasteiger partial charge is 0.410 e. The van der Waals surface area contributed by atoms with Gasteiger partial charge in [0.25, 0.3) is 0 Å². The van der Waals surface area contributed by atoms with Crippen LogP contribution in [0.25, 0.3) is 16.7 Å². The van der Waals surface area contributed by atoms with Gasteiger partial charge in [0.1, 0.15) is 6.61 Å². The van der Waals surface area contributed by atoms with E-state index in [9.17, 15) is 14.7 Å². The van der Waals surface area contributed by atoms with Crippen LogP contribution in [0, 0.1) is 0 Å². The lowest BCUT2D eigenvalue weighted by Gasteiger charge is -2.41. The molecule has 1 unspecified atom stereocenters. The van der Waals surface area contributed by atoms with Gasteiger partial charge in [-0.2, -0.15) is 0 Å². The number of carbonyl (C=O) groups is 2. The quantitative estimate of drug-likeness (QED) is 0.288. The first-order valence-corrected chi connectivity index (χ1v) is 16.6. The molecule has 1 aliphatic rings. The second-order valence-corrected chi connectivity index (χ2v) is 16.5. The van der Waals surface area contributed by atoms with E-state index in [1.165, 1.54) is 4.90 Å². The highest BCUT2D eigenvalue weighted by Gasteiger charge is 2.42. The van der Waals surface area contributed by atoms with E-state index in [-0.39, 0.29) is 23.8 Å². The van der Waals surface area contributed by atoms with E-state index in [0.717, 1.165) is 27.8 Å². The molecule has 1 aliphatic heterocycles. The Morgan fingerprint density at radius 1 is 0.900 bits per heavy atom. The zero-order chi connectivity index (χ0) is 28.9. The average Bonchev–Trinajstić information content (AvgIpc) is 2.94. The first kappa shape index (κ1) is 29.3. The Hall–Kier alpha value is -3.68. The number of benzene rings is 3. The Bertz CT molecular complexity index is 1360. The number of aliphatic carboxylic acids is 1. The number of carboxylic acids is 1. The third kappa shape index (κ3) is 6.72. The Balaban J connectivity index is 1.71. The normalized spacial score (nSPS) is 16.1. The minimum atomic E-state index is -2.24. The molecule has 0 saturated heterocycles. The maximum absolute atomic E-state index is 13.4. The highest BCUT2D eigenvalue weighted by atomic mass is 28.4. The fourth-order valence-corrected chi connectivity index (χ4v) is 5.67. The van der Waals surface area contributed by atoms with Crippen molar-refractivity contribution in [2.24, 2.45) is 0 Å². The zero-order valence-electron chi connectivity index (χ0n) is 24.0. The van der Waals surface area contributed by atoms with Gasteiger partial charge in [-0.15, -0.1) is 0 Å². The van der Waals surface area contributed by atoms with Crippen LogP contribution in [0.4, 0.5) is 4.79 Å². The summed E-state index contributed by atoms with van der Waals surface area (Å²) in [6.07, 6.45) is -0.139. The minimum Gasteiger partial charge on any atom is -0.478 e. The Kier molecular flexibility index (Phi) is 8.96. The van der Waals surface area contributed by atoms with Crippen LogP contribution in [0.1, 0.15) is 38.3 Å². The summed E-state index contributed by atoms with van der Waals surface area (Å²) in [4.78, 5) is 27.8.